The van der Waals surface area contributed by atoms with Gasteiger partial charge in [-0.25, -0.2) is 0 Å². The number of hydrogen-bond acceptors (Lipinski definition) is 2. The summed E-state index contributed by atoms with van der Waals surface area (Å²) in [4.78, 5) is 2.60. The summed E-state index contributed by atoms with van der Waals surface area (Å²) in [5, 5.41) is 0. The summed E-state index contributed by atoms with van der Waals surface area (Å²) in [7, 11) is -0.561. The topological polar surface area (TPSA) is 20.3 Å². The Kier molecular flexibility index (Phi) is 6.50. The molecule has 2 atom stereocenters. The minimum absolute atomic E-state index is 0.561. The quantitative estimate of drug-likeness (QED) is 0.654. The fourth-order valence-electron chi connectivity index (χ4n) is 2.21. The number of hydrogen-bond donors (Lipinski definition) is 0. The molecule has 1 rings (SSSR count). The molecule has 1 saturated heterocycles. The highest BCUT2D eigenvalue weighted by molar-refractivity contribution is 7.84. The van der Waals surface area contributed by atoms with Crippen LogP contribution in [0.3, 0.4) is 0 Å². The minimum Gasteiger partial charge on any atom is -0.301 e. The third-order valence-corrected chi connectivity index (χ3v) is 4.72. The Hall–Kier alpha value is 0.110. The van der Waals surface area contributed by atoms with Gasteiger partial charge in [-0.05, 0) is 45.7 Å². The lowest BCUT2D eigenvalue weighted by Crippen LogP contribution is -2.38. The van der Waals surface area contributed by atoms with Gasteiger partial charge < -0.3 is 4.90 Å². The van der Waals surface area contributed by atoms with Gasteiger partial charge in [-0.1, -0.05) is 13.3 Å². The van der Waals surface area contributed by atoms with Crippen molar-refractivity contribution >= 4 is 10.8 Å². The normalized spacial score (nSPS) is 25.3. The summed E-state index contributed by atoms with van der Waals surface area (Å²) in [6.45, 7) is 6.83. The fraction of sp³-hybridized carbons (Fsp3) is 1.00. The van der Waals surface area contributed by atoms with E-state index in [-0.39, 0.29) is 0 Å². The van der Waals surface area contributed by atoms with Crippen molar-refractivity contribution < 1.29 is 4.21 Å². The zero-order valence-electron chi connectivity index (χ0n) is 10.2. The Morgan fingerprint density at radius 1 is 1.33 bits per heavy atom. The van der Waals surface area contributed by atoms with Crippen molar-refractivity contribution in [3.05, 3.63) is 0 Å². The van der Waals surface area contributed by atoms with Gasteiger partial charge in [-0.15, -0.1) is 0 Å². The third-order valence-electron chi connectivity index (χ3n) is 3.33. The van der Waals surface area contributed by atoms with Crippen LogP contribution in [0, 0.1) is 0 Å². The molecule has 15 heavy (non-hydrogen) atoms. The van der Waals surface area contributed by atoms with Crippen LogP contribution < -0.4 is 0 Å². The Bertz CT molecular complexity index is 196. The SMILES string of the molecule is CCS(=O)CCCCN1CCCCC1C. The van der Waals surface area contributed by atoms with Crippen LogP contribution in [0.4, 0.5) is 0 Å². The molecule has 90 valence electrons. The highest BCUT2D eigenvalue weighted by Gasteiger charge is 2.16. The maximum absolute atomic E-state index is 11.2. The molecule has 0 radical (unpaired) electrons. The van der Waals surface area contributed by atoms with Crippen LogP contribution in [0.25, 0.3) is 0 Å². The van der Waals surface area contributed by atoms with Gasteiger partial charge in [0.25, 0.3) is 0 Å². The number of likely N-dealkylation sites (tertiary alicyclic amines) is 1. The van der Waals surface area contributed by atoms with Crippen LogP contribution in [-0.2, 0) is 10.8 Å². The molecule has 2 unspecified atom stereocenters. The molecule has 1 aliphatic rings. The van der Waals surface area contributed by atoms with E-state index in [9.17, 15) is 4.21 Å². The molecule has 0 aromatic rings. The van der Waals surface area contributed by atoms with Gasteiger partial charge in [-0.3, -0.25) is 4.21 Å². The summed E-state index contributed by atoms with van der Waals surface area (Å²) in [5.74, 6) is 1.72. The summed E-state index contributed by atoms with van der Waals surface area (Å²) in [6.07, 6.45) is 6.48. The second-order valence-corrected chi connectivity index (χ2v) is 6.39. The largest absolute Gasteiger partial charge is 0.301 e. The maximum Gasteiger partial charge on any atom is 0.0235 e. The number of rotatable bonds is 6. The molecule has 0 aromatic heterocycles. The Balaban J connectivity index is 2.06. The zero-order valence-corrected chi connectivity index (χ0v) is 11.0. The van der Waals surface area contributed by atoms with E-state index in [1.165, 1.54) is 38.8 Å². The van der Waals surface area contributed by atoms with Gasteiger partial charge >= 0.3 is 0 Å². The molecular formula is C12H25NOS. The maximum atomic E-state index is 11.2. The van der Waals surface area contributed by atoms with Crippen molar-refractivity contribution in [3.8, 4) is 0 Å². The molecule has 0 spiro atoms. The van der Waals surface area contributed by atoms with Crippen molar-refractivity contribution in [3.63, 3.8) is 0 Å². The standard InChI is InChI=1S/C12H25NOS/c1-3-15(14)11-7-6-10-13-9-5-4-8-12(13)2/h12H,3-11H2,1-2H3. The number of unbranched alkanes of at least 4 members (excludes halogenated alkanes) is 1. The highest BCUT2D eigenvalue weighted by Crippen LogP contribution is 2.16. The zero-order chi connectivity index (χ0) is 11.1. The predicted octanol–water partition coefficient (Wildman–Crippen LogP) is 2.41. The van der Waals surface area contributed by atoms with Crippen LogP contribution in [0.15, 0.2) is 0 Å². The predicted molar refractivity (Wildman–Crippen MR) is 67.7 cm³/mol. The second kappa shape index (κ2) is 7.39. The highest BCUT2D eigenvalue weighted by atomic mass is 32.2. The summed E-state index contributed by atoms with van der Waals surface area (Å²) in [5.41, 5.74) is 0. The van der Waals surface area contributed by atoms with Gasteiger partial charge in [0, 0.05) is 28.3 Å². The summed E-state index contributed by atoms with van der Waals surface area (Å²) in [6, 6.07) is 0.774. The molecule has 0 aromatic carbocycles. The van der Waals surface area contributed by atoms with Gasteiger partial charge in [0.1, 0.15) is 0 Å². The Morgan fingerprint density at radius 3 is 2.80 bits per heavy atom. The van der Waals surface area contributed by atoms with Crippen LogP contribution in [0.2, 0.25) is 0 Å². The fourth-order valence-corrected chi connectivity index (χ4v) is 3.03. The van der Waals surface area contributed by atoms with Crippen molar-refractivity contribution in [1.82, 2.24) is 4.90 Å². The van der Waals surface area contributed by atoms with Gasteiger partial charge in [0.15, 0.2) is 0 Å². The van der Waals surface area contributed by atoms with Crippen molar-refractivity contribution in [2.24, 2.45) is 0 Å². The first-order valence-electron chi connectivity index (χ1n) is 6.33. The number of piperidine rings is 1. The van der Waals surface area contributed by atoms with E-state index in [4.69, 9.17) is 0 Å². The van der Waals surface area contributed by atoms with E-state index < -0.39 is 10.8 Å². The molecule has 0 N–H and O–H groups in total. The van der Waals surface area contributed by atoms with E-state index in [1.54, 1.807) is 0 Å². The van der Waals surface area contributed by atoms with Crippen LogP contribution in [0.5, 0.6) is 0 Å². The average Bonchev–Trinajstić information content (AvgIpc) is 2.26. The van der Waals surface area contributed by atoms with Crippen LogP contribution in [-0.4, -0.2) is 39.7 Å². The molecule has 1 heterocycles. The molecule has 0 amide bonds. The average molecular weight is 231 g/mol. The van der Waals surface area contributed by atoms with Crippen molar-refractivity contribution in [2.75, 3.05) is 24.6 Å². The molecule has 2 nitrogen and oxygen atoms in total. The monoisotopic (exact) mass is 231 g/mol. The molecule has 0 saturated carbocycles. The summed E-state index contributed by atoms with van der Waals surface area (Å²) >= 11 is 0. The third kappa shape index (κ3) is 5.12. The first-order valence-corrected chi connectivity index (χ1v) is 7.82. The molecule has 0 bridgehead atoms. The van der Waals surface area contributed by atoms with Gasteiger partial charge in [-0.2, -0.15) is 0 Å². The number of nitrogens with zero attached hydrogens (tertiary/aromatic N) is 1. The molecule has 1 fully saturated rings. The van der Waals surface area contributed by atoms with Crippen LogP contribution >= 0.6 is 0 Å². The lowest BCUT2D eigenvalue weighted by molar-refractivity contribution is 0.159. The van der Waals surface area contributed by atoms with Gasteiger partial charge in [0.2, 0.25) is 0 Å². The van der Waals surface area contributed by atoms with E-state index in [1.807, 2.05) is 6.92 Å². The molecule has 1 aliphatic heterocycles. The molecule has 3 heteroatoms. The van der Waals surface area contributed by atoms with E-state index in [0.29, 0.717) is 0 Å². The van der Waals surface area contributed by atoms with E-state index >= 15 is 0 Å². The Labute approximate surface area is 96.9 Å². The van der Waals surface area contributed by atoms with Crippen molar-refractivity contribution in [1.29, 1.82) is 0 Å². The van der Waals surface area contributed by atoms with Crippen LogP contribution in [0.1, 0.15) is 46.0 Å². The second-order valence-electron chi connectivity index (χ2n) is 4.52. The lowest BCUT2D eigenvalue weighted by Gasteiger charge is -2.33. The lowest BCUT2D eigenvalue weighted by atomic mass is 10.0. The Morgan fingerprint density at radius 2 is 2.13 bits per heavy atom. The molecule has 0 aliphatic carbocycles. The summed E-state index contributed by atoms with van der Waals surface area (Å²) < 4.78 is 11.2. The minimum atomic E-state index is -0.561. The van der Waals surface area contributed by atoms with E-state index in [0.717, 1.165) is 24.0 Å². The van der Waals surface area contributed by atoms with E-state index in [2.05, 4.69) is 11.8 Å². The first kappa shape index (κ1) is 13.2. The van der Waals surface area contributed by atoms with Gasteiger partial charge in [0.05, 0.1) is 0 Å². The smallest absolute Gasteiger partial charge is 0.0235 e. The first-order chi connectivity index (χ1) is 7.24. The van der Waals surface area contributed by atoms with Crippen molar-refractivity contribution in [2.45, 2.75) is 52.0 Å². The molecular weight excluding hydrogens is 206 g/mol.